The van der Waals surface area contributed by atoms with Gasteiger partial charge in [0.2, 0.25) is 0 Å². The van der Waals surface area contributed by atoms with Crippen LogP contribution in [-0.2, 0) is 13.1 Å². The van der Waals surface area contributed by atoms with E-state index >= 15 is 0 Å². The van der Waals surface area contributed by atoms with Gasteiger partial charge in [-0.1, -0.05) is 49.4 Å². The van der Waals surface area contributed by atoms with Crippen LogP contribution in [0.4, 0.5) is 0 Å². The number of nitrogens with zero attached hydrogens (tertiary/aromatic N) is 1. The fourth-order valence-corrected chi connectivity index (χ4v) is 2.77. The van der Waals surface area contributed by atoms with Gasteiger partial charge < -0.3 is 14.6 Å². The van der Waals surface area contributed by atoms with Crippen molar-refractivity contribution in [2.75, 3.05) is 20.8 Å². The second-order valence-electron chi connectivity index (χ2n) is 5.87. The number of rotatable bonds is 9. The molecule has 0 radical (unpaired) electrons. The van der Waals surface area contributed by atoms with E-state index in [1.807, 2.05) is 43.3 Å². The van der Waals surface area contributed by atoms with Crippen LogP contribution in [0.25, 0.3) is 0 Å². The Kier molecular flexibility index (Phi) is 7.09. The summed E-state index contributed by atoms with van der Waals surface area (Å²) >= 11 is 0. The average Bonchev–Trinajstić information content (AvgIpc) is 2.62. The predicted octanol–water partition coefficient (Wildman–Crippen LogP) is 3.48. The van der Waals surface area contributed by atoms with Gasteiger partial charge in [-0.25, -0.2) is 0 Å². The van der Waals surface area contributed by atoms with E-state index in [0.29, 0.717) is 13.1 Å². The minimum atomic E-state index is -0.342. The van der Waals surface area contributed by atoms with E-state index in [4.69, 9.17) is 9.47 Å². The van der Waals surface area contributed by atoms with E-state index in [1.54, 1.807) is 14.2 Å². The molecule has 0 aromatic heterocycles. The number of benzene rings is 2. The summed E-state index contributed by atoms with van der Waals surface area (Å²) in [6, 6.07) is 16.2. The predicted molar refractivity (Wildman–Crippen MR) is 96.4 cm³/mol. The Morgan fingerprint density at radius 3 is 2.33 bits per heavy atom. The normalized spacial score (nSPS) is 12.2. The molecule has 0 bridgehead atoms. The number of para-hydroxylation sites is 1. The zero-order valence-electron chi connectivity index (χ0n) is 14.7. The quantitative estimate of drug-likeness (QED) is 0.765. The highest BCUT2D eigenvalue weighted by molar-refractivity contribution is 5.46. The number of aliphatic hydroxyl groups is 1. The highest BCUT2D eigenvalue weighted by Crippen LogP contribution is 2.31. The summed E-state index contributed by atoms with van der Waals surface area (Å²) in [4.78, 5) is 2.24. The molecular formula is C20H27NO3. The maximum Gasteiger partial charge on any atom is 0.165 e. The van der Waals surface area contributed by atoms with Gasteiger partial charge in [0.25, 0.3) is 0 Å². The number of hydrogen-bond donors (Lipinski definition) is 1. The lowest BCUT2D eigenvalue weighted by Crippen LogP contribution is -2.31. The smallest absolute Gasteiger partial charge is 0.165 e. The largest absolute Gasteiger partial charge is 0.493 e. The molecule has 0 aliphatic carbocycles. The standard InChI is InChI=1S/C20H27NO3/c1-4-18(22)15-21(13-16-9-6-5-7-10-16)14-17-11-8-12-19(23-2)20(17)24-3/h5-12,18,22H,4,13-15H2,1-3H3/t18-/m1/s1. The molecule has 0 saturated heterocycles. The third-order valence-electron chi connectivity index (χ3n) is 4.07. The Labute approximate surface area is 144 Å². The summed E-state index contributed by atoms with van der Waals surface area (Å²) < 4.78 is 10.9. The number of aliphatic hydroxyl groups excluding tert-OH is 1. The lowest BCUT2D eigenvalue weighted by atomic mass is 10.1. The Bertz CT molecular complexity index is 616. The summed E-state index contributed by atoms with van der Waals surface area (Å²) in [5.74, 6) is 1.48. The minimum absolute atomic E-state index is 0.342. The average molecular weight is 329 g/mol. The van der Waals surface area contributed by atoms with E-state index in [9.17, 15) is 5.11 Å². The Balaban J connectivity index is 2.21. The molecule has 0 heterocycles. The van der Waals surface area contributed by atoms with Crippen molar-refractivity contribution in [3.8, 4) is 11.5 Å². The molecule has 0 spiro atoms. The molecule has 4 nitrogen and oxygen atoms in total. The van der Waals surface area contributed by atoms with Crippen molar-refractivity contribution < 1.29 is 14.6 Å². The molecule has 0 saturated carbocycles. The third kappa shape index (κ3) is 4.98. The zero-order valence-corrected chi connectivity index (χ0v) is 14.7. The molecule has 0 aliphatic heterocycles. The molecule has 0 unspecified atom stereocenters. The lowest BCUT2D eigenvalue weighted by molar-refractivity contribution is 0.101. The molecule has 130 valence electrons. The van der Waals surface area contributed by atoms with Crippen molar-refractivity contribution in [2.24, 2.45) is 0 Å². The summed E-state index contributed by atoms with van der Waals surface area (Å²) in [5, 5.41) is 10.1. The van der Waals surface area contributed by atoms with Crippen LogP contribution in [0.2, 0.25) is 0 Å². The van der Waals surface area contributed by atoms with Crippen LogP contribution in [0.1, 0.15) is 24.5 Å². The molecular weight excluding hydrogens is 302 g/mol. The van der Waals surface area contributed by atoms with Crippen molar-refractivity contribution in [2.45, 2.75) is 32.5 Å². The van der Waals surface area contributed by atoms with Crippen LogP contribution in [-0.4, -0.2) is 36.9 Å². The van der Waals surface area contributed by atoms with Crippen molar-refractivity contribution in [1.29, 1.82) is 0 Å². The summed E-state index contributed by atoms with van der Waals surface area (Å²) in [6.07, 6.45) is 0.394. The van der Waals surface area contributed by atoms with Gasteiger partial charge in [0, 0.05) is 25.2 Å². The van der Waals surface area contributed by atoms with Crippen molar-refractivity contribution in [3.63, 3.8) is 0 Å². The van der Waals surface area contributed by atoms with Gasteiger partial charge in [0.15, 0.2) is 11.5 Å². The van der Waals surface area contributed by atoms with Gasteiger partial charge in [0.05, 0.1) is 20.3 Å². The van der Waals surface area contributed by atoms with Crippen LogP contribution in [0.3, 0.4) is 0 Å². The fourth-order valence-electron chi connectivity index (χ4n) is 2.77. The number of methoxy groups -OCH3 is 2. The number of hydrogen-bond acceptors (Lipinski definition) is 4. The first-order chi connectivity index (χ1) is 11.7. The molecule has 24 heavy (non-hydrogen) atoms. The third-order valence-corrected chi connectivity index (χ3v) is 4.07. The highest BCUT2D eigenvalue weighted by atomic mass is 16.5. The highest BCUT2D eigenvalue weighted by Gasteiger charge is 2.16. The van der Waals surface area contributed by atoms with Gasteiger partial charge in [-0.2, -0.15) is 0 Å². The molecule has 1 atom stereocenters. The maximum atomic E-state index is 10.1. The van der Waals surface area contributed by atoms with E-state index < -0.39 is 0 Å². The van der Waals surface area contributed by atoms with E-state index in [1.165, 1.54) is 5.56 Å². The molecule has 2 aromatic rings. The molecule has 0 fully saturated rings. The van der Waals surface area contributed by atoms with Crippen LogP contribution >= 0.6 is 0 Å². The number of ether oxygens (including phenoxy) is 2. The summed E-state index contributed by atoms with van der Waals surface area (Å²) in [5.41, 5.74) is 2.28. The SMILES string of the molecule is CC[C@@H](O)CN(Cc1ccccc1)Cc1cccc(OC)c1OC. The first kappa shape index (κ1) is 18.3. The maximum absolute atomic E-state index is 10.1. The molecule has 2 rings (SSSR count). The Morgan fingerprint density at radius 2 is 1.71 bits per heavy atom. The van der Waals surface area contributed by atoms with Gasteiger partial charge in [0.1, 0.15) is 0 Å². The second-order valence-corrected chi connectivity index (χ2v) is 5.87. The van der Waals surface area contributed by atoms with Crippen LogP contribution < -0.4 is 9.47 Å². The monoisotopic (exact) mass is 329 g/mol. The van der Waals surface area contributed by atoms with Crippen LogP contribution in [0.5, 0.6) is 11.5 Å². The van der Waals surface area contributed by atoms with Gasteiger partial charge in [-0.3, -0.25) is 4.90 Å². The molecule has 2 aromatic carbocycles. The molecule has 1 N–H and O–H groups in total. The molecule has 0 amide bonds. The van der Waals surface area contributed by atoms with Crippen LogP contribution in [0, 0.1) is 0 Å². The summed E-state index contributed by atoms with van der Waals surface area (Å²) in [6.45, 7) is 4.08. The first-order valence-electron chi connectivity index (χ1n) is 8.32. The van der Waals surface area contributed by atoms with Crippen LogP contribution in [0.15, 0.2) is 48.5 Å². The van der Waals surface area contributed by atoms with Crippen molar-refractivity contribution >= 4 is 0 Å². The fraction of sp³-hybridized carbons (Fsp3) is 0.400. The van der Waals surface area contributed by atoms with E-state index in [-0.39, 0.29) is 6.10 Å². The lowest BCUT2D eigenvalue weighted by Gasteiger charge is -2.26. The minimum Gasteiger partial charge on any atom is -0.493 e. The first-order valence-corrected chi connectivity index (χ1v) is 8.32. The zero-order chi connectivity index (χ0) is 17.4. The van der Waals surface area contributed by atoms with Crippen molar-refractivity contribution in [1.82, 2.24) is 4.90 Å². The van der Waals surface area contributed by atoms with E-state index in [2.05, 4.69) is 17.0 Å². The van der Waals surface area contributed by atoms with Gasteiger partial charge >= 0.3 is 0 Å². The second kappa shape index (κ2) is 9.30. The van der Waals surface area contributed by atoms with E-state index in [0.717, 1.165) is 30.0 Å². The molecule has 4 heteroatoms. The summed E-state index contributed by atoms with van der Waals surface area (Å²) in [7, 11) is 3.30. The van der Waals surface area contributed by atoms with Gasteiger partial charge in [-0.05, 0) is 18.1 Å². The van der Waals surface area contributed by atoms with Crippen molar-refractivity contribution in [3.05, 3.63) is 59.7 Å². The molecule has 0 aliphatic rings. The van der Waals surface area contributed by atoms with Gasteiger partial charge in [-0.15, -0.1) is 0 Å². The Hall–Kier alpha value is -2.04. The Morgan fingerprint density at radius 1 is 0.958 bits per heavy atom. The topological polar surface area (TPSA) is 41.9 Å².